The quantitative estimate of drug-likeness (QED) is 0.652. The van der Waals surface area contributed by atoms with Crippen LogP contribution in [0.2, 0.25) is 0 Å². The Labute approximate surface area is 85.8 Å². The molecule has 1 heterocycles. The van der Waals surface area contributed by atoms with Crippen LogP contribution in [-0.2, 0) is 14.3 Å². The number of rotatable bonds is 4. The summed E-state index contributed by atoms with van der Waals surface area (Å²) < 4.78 is 10.5. The monoisotopic (exact) mass is 200 g/mol. The van der Waals surface area contributed by atoms with Gasteiger partial charge in [-0.1, -0.05) is 6.92 Å². The molecule has 0 N–H and O–H groups in total. The van der Waals surface area contributed by atoms with Crippen molar-refractivity contribution in [3.05, 3.63) is 0 Å². The zero-order valence-corrected chi connectivity index (χ0v) is 9.12. The van der Waals surface area contributed by atoms with Crippen LogP contribution in [-0.4, -0.2) is 25.3 Å². The van der Waals surface area contributed by atoms with E-state index in [2.05, 4.69) is 6.92 Å². The number of ether oxygens (including phenoxy) is 2. The highest BCUT2D eigenvalue weighted by molar-refractivity contribution is 5.69. The molecule has 0 aromatic heterocycles. The van der Waals surface area contributed by atoms with Crippen LogP contribution in [0.25, 0.3) is 0 Å². The van der Waals surface area contributed by atoms with Crippen LogP contribution < -0.4 is 0 Å². The molecule has 82 valence electrons. The van der Waals surface area contributed by atoms with E-state index in [1.807, 2.05) is 6.92 Å². The minimum atomic E-state index is -0.103. The Morgan fingerprint density at radius 1 is 1.57 bits per heavy atom. The first-order valence-corrected chi connectivity index (χ1v) is 5.51. The van der Waals surface area contributed by atoms with Gasteiger partial charge < -0.3 is 9.47 Å². The Bertz CT molecular complexity index is 173. The highest BCUT2D eigenvalue weighted by atomic mass is 16.5. The molecule has 1 aliphatic rings. The lowest BCUT2D eigenvalue weighted by molar-refractivity contribution is -0.145. The molecule has 1 aliphatic heterocycles. The smallest absolute Gasteiger partial charge is 0.306 e. The molecule has 1 saturated heterocycles. The van der Waals surface area contributed by atoms with Gasteiger partial charge in [-0.05, 0) is 32.1 Å². The van der Waals surface area contributed by atoms with Crippen molar-refractivity contribution < 1.29 is 14.3 Å². The molecule has 1 unspecified atom stereocenters. The van der Waals surface area contributed by atoms with E-state index in [-0.39, 0.29) is 18.0 Å². The average molecular weight is 200 g/mol. The molecular formula is C11H20O3. The molecule has 0 aliphatic carbocycles. The van der Waals surface area contributed by atoms with Crippen molar-refractivity contribution in [1.82, 2.24) is 0 Å². The molecule has 3 heteroatoms. The second-order valence-corrected chi connectivity index (χ2v) is 3.89. The predicted octanol–water partition coefficient (Wildman–Crippen LogP) is 2.14. The zero-order chi connectivity index (χ0) is 10.4. The third-order valence-corrected chi connectivity index (χ3v) is 2.64. The van der Waals surface area contributed by atoms with Crippen LogP contribution in [0, 0.1) is 5.92 Å². The van der Waals surface area contributed by atoms with Crippen LogP contribution in [0.3, 0.4) is 0 Å². The van der Waals surface area contributed by atoms with Crippen molar-refractivity contribution in [1.29, 1.82) is 0 Å². The minimum absolute atomic E-state index is 0.103. The third kappa shape index (κ3) is 3.66. The second kappa shape index (κ2) is 6.02. The molecule has 0 spiro atoms. The molecule has 0 saturated carbocycles. The van der Waals surface area contributed by atoms with E-state index in [9.17, 15) is 4.79 Å². The summed E-state index contributed by atoms with van der Waals surface area (Å²) in [7, 11) is 0. The second-order valence-electron chi connectivity index (χ2n) is 3.89. The third-order valence-electron chi connectivity index (χ3n) is 2.64. The maximum atomic E-state index is 11.2. The van der Waals surface area contributed by atoms with E-state index in [0.717, 1.165) is 19.4 Å². The first-order chi connectivity index (χ1) is 6.74. The van der Waals surface area contributed by atoms with Crippen LogP contribution in [0.5, 0.6) is 0 Å². The van der Waals surface area contributed by atoms with Gasteiger partial charge in [0.15, 0.2) is 0 Å². The van der Waals surface area contributed by atoms with Crippen molar-refractivity contribution in [3.63, 3.8) is 0 Å². The Morgan fingerprint density at radius 2 is 2.36 bits per heavy atom. The lowest BCUT2D eigenvalue weighted by atomic mass is 9.95. The van der Waals surface area contributed by atoms with Gasteiger partial charge in [-0.2, -0.15) is 0 Å². The average Bonchev–Trinajstić information content (AvgIpc) is 2.19. The number of carbonyl (C=O) groups is 1. The Kier molecular flexibility index (Phi) is 4.94. The normalized spacial score (nSPS) is 24.3. The standard InChI is InChI=1S/C11H20O3/c1-3-13-11(12)8-9(2)10-6-4-5-7-14-10/h9-10H,3-8H2,1-2H3/t9?,10-/m0/s1. The molecule has 1 fully saturated rings. The number of carbonyl (C=O) groups excluding carboxylic acids is 1. The first kappa shape index (κ1) is 11.5. The highest BCUT2D eigenvalue weighted by Crippen LogP contribution is 2.22. The van der Waals surface area contributed by atoms with Crippen molar-refractivity contribution in [2.24, 2.45) is 5.92 Å². The minimum Gasteiger partial charge on any atom is -0.466 e. The molecule has 14 heavy (non-hydrogen) atoms. The number of esters is 1. The van der Waals surface area contributed by atoms with Crippen LogP contribution >= 0.6 is 0 Å². The Morgan fingerprint density at radius 3 is 2.93 bits per heavy atom. The van der Waals surface area contributed by atoms with Crippen LogP contribution in [0.1, 0.15) is 39.5 Å². The van der Waals surface area contributed by atoms with Gasteiger partial charge >= 0.3 is 5.97 Å². The van der Waals surface area contributed by atoms with Crippen LogP contribution in [0.15, 0.2) is 0 Å². The van der Waals surface area contributed by atoms with Gasteiger partial charge in [0.1, 0.15) is 0 Å². The summed E-state index contributed by atoms with van der Waals surface area (Å²) in [4.78, 5) is 11.2. The summed E-state index contributed by atoms with van der Waals surface area (Å²) in [5.74, 6) is 0.184. The molecular weight excluding hydrogens is 180 g/mol. The van der Waals surface area contributed by atoms with E-state index in [1.165, 1.54) is 6.42 Å². The topological polar surface area (TPSA) is 35.5 Å². The molecule has 2 atom stereocenters. The van der Waals surface area contributed by atoms with E-state index in [4.69, 9.17) is 9.47 Å². The van der Waals surface area contributed by atoms with E-state index in [1.54, 1.807) is 0 Å². The summed E-state index contributed by atoms with van der Waals surface area (Å²) in [5.41, 5.74) is 0. The fourth-order valence-corrected chi connectivity index (χ4v) is 1.83. The lowest BCUT2D eigenvalue weighted by Crippen LogP contribution is -2.28. The number of hydrogen-bond donors (Lipinski definition) is 0. The molecule has 0 amide bonds. The fraction of sp³-hybridized carbons (Fsp3) is 0.909. The lowest BCUT2D eigenvalue weighted by Gasteiger charge is -2.27. The predicted molar refractivity (Wildman–Crippen MR) is 54.0 cm³/mol. The van der Waals surface area contributed by atoms with Gasteiger partial charge in [0, 0.05) is 6.61 Å². The van der Waals surface area contributed by atoms with Gasteiger partial charge in [-0.15, -0.1) is 0 Å². The molecule has 3 nitrogen and oxygen atoms in total. The maximum Gasteiger partial charge on any atom is 0.306 e. The van der Waals surface area contributed by atoms with Crippen LogP contribution in [0.4, 0.5) is 0 Å². The van der Waals surface area contributed by atoms with Gasteiger partial charge in [-0.3, -0.25) is 4.79 Å². The van der Waals surface area contributed by atoms with Gasteiger partial charge in [0.2, 0.25) is 0 Å². The van der Waals surface area contributed by atoms with E-state index >= 15 is 0 Å². The zero-order valence-electron chi connectivity index (χ0n) is 9.12. The van der Waals surface area contributed by atoms with Crippen molar-refractivity contribution >= 4 is 5.97 Å². The molecule has 0 radical (unpaired) electrons. The summed E-state index contributed by atoms with van der Waals surface area (Å²) in [5, 5.41) is 0. The van der Waals surface area contributed by atoms with Crippen molar-refractivity contribution in [2.45, 2.75) is 45.6 Å². The molecule has 0 aromatic rings. The molecule has 1 rings (SSSR count). The molecule has 0 bridgehead atoms. The summed E-state index contributed by atoms with van der Waals surface area (Å²) in [6.45, 7) is 5.21. The Balaban J connectivity index is 2.25. The summed E-state index contributed by atoms with van der Waals surface area (Å²) in [6.07, 6.45) is 4.20. The van der Waals surface area contributed by atoms with Crippen molar-refractivity contribution in [3.8, 4) is 0 Å². The fourth-order valence-electron chi connectivity index (χ4n) is 1.83. The van der Waals surface area contributed by atoms with E-state index < -0.39 is 0 Å². The van der Waals surface area contributed by atoms with Gasteiger partial charge in [0.05, 0.1) is 19.1 Å². The van der Waals surface area contributed by atoms with E-state index in [0.29, 0.717) is 13.0 Å². The number of hydrogen-bond acceptors (Lipinski definition) is 3. The van der Waals surface area contributed by atoms with Gasteiger partial charge in [0.25, 0.3) is 0 Å². The summed E-state index contributed by atoms with van der Waals surface area (Å²) >= 11 is 0. The highest BCUT2D eigenvalue weighted by Gasteiger charge is 2.23. The maximum absolute atomic E-state index is 11.2. The Hall–Kier alpha value is -0.570. The summed E-state index contributed by atoms with van der Waals surface area (Å²) in [6, 6.07) is 0. The first-order valence-electron chi connectivity index (χ1n) is 5.51. The SMILES string of the molecule is CCOC(=O)CC(C)[C@@H]1CCCCO1. The largest absolute Gasteiger partial charge is 0.466 e. The van der Waals surface area contributed by atoms with Crippen molar-refractivity contribution in [2.75, 3.05) is 13.2 Å². The van der Waals surface area contributed by atoms with Gasteiger partial charge in [-0.25, -0.2) is 0 Å². The molecule has 0 aromatic carbocycles.